The number of ether oxygens (including phenoxy) is 1. The number of aryl methyl sites for hydroxylation is 1. The number of rotatable bonds is 4. The lowest BCUT2D eigenvalue weighted by atomic mass is 10.2. The molecule has 1 unspecified atom stereocenters. The van der Waals surface area contributed by atoms with Gasteiger partial charge < -0.3 is 4.74 Å². The summed E-state index contributed by atoms with van der Waals surface area (Å²) in [5, 5.41) is 0. The minimum absolute atomic E-state index is 0.0189. The first-order chi connectivity index (χ1) is 8.15. The van der Waals surface area contributed by atoms with Gasteiger partial charge in [-0.25, -0.2) is 4.79 Å². The maximum atomic E-state index is 11.1. The van der Waals surface area contributed by atoms with Gasteiger partial charge >= 0.3 is 5.97 Å². The Morgan fingerprint density at radius 1 is 1.41 bits per heavy atom. The zero-order valence-corrected chi connectivity index (χ0v) is 10.8. The molecule has 1 aromatic rings. The van der Waals surface area contributed by atoms with Crippen LogP contribution in [0.15, 0.2) is 36.4 Å². The molecular weight excluding hydrogens is 232 g/mol. The van der Waals surface area contributed by atoms with E-state index in [1.165, 1.54) is 11.1 Å². The summed E-state index contributed by atoms with van der Waals surface area (Å²) in [6.45, 7) is 5.76. The van der Waals surface area contributed by atoms with Crippen LogP contribution < -0.4 is 0 Å². The first-order valence-corrected chi connectivity index (χ1v) is 6.82. The second kappa shape index (κ2) is 5.41. The monoisotopic (exact) mass is 248 g/mol. The number of carbonyl (C=O) groups is 1. The van der Waals surface area contributed by atoms with Crippen molar-refractivity contribution in [2.24, 2.45) is 0 Å². The van der Waals surface area contributed by atoms with Crippen LogP contribution in [0, 0.1) is 6.92 Å². The Morgan fingerprint density at radius 3 is 2.71 bits per heavy atom. The average molecular weight is 248 g/mol. The van der Waals surface area contributed by atoms with Crippen LogP contribution in [0.25, 0.3) is 0 Å². The molecule has 1 fully saturated rings. The highest BCUT2D eigenvalue weighted by Crippen LogP contribution is 2.23. The van der Waals surface area contributed by atoms with E-state index in [9.17, 15) is 4.79 Å². The van der Waals surface area contributed by atoms with Crippen LogP contribution in [0.2, 0.25) is 0 Å². The molecule has 0 bridgehead atoms. The number of thioether (sulfide) groups is 1. The molecule has 1 aliphatic rings. The average Bonchev–Trinajstić information content (AvgIpc) is 2.61. The molecule has 0 aromatic heterocycles. The van der Waals surface area contributed by atoms with Gasteiger partial charge in [0.1, 0.15) is 6.10 Å². The SMILES string of the molecule is C=C1CC(CSCc2ccc(C)cc2)OC1=O. The Bertz CT molecular complexity index is 406. The molecule has 0 radical (unpaired) electrons. The third-order valence-electron chi connectivity index (χ3n) is 2.73. The highest BCUT2D eigenvalue weighted by atomic mass is 32.2. The third kappa shape index (κ3) is 3.37. The smallest absolute Gasteiger partial charge is 0.333 e. The fourth-order valence-corrected chi connectivity index (χ4v) is 2.71. The predicted molar refractivity (Wildman–Crippen MR) is 71.0 cm³/mol. The topological polar surface area (TPSA) is 26.3 Å². The molecule has 1 atom stereocenters. The van der Waals surface area contributed by atoms with Crippen molar-refractivity contribution >= 4 is 17.7 Å². The largest absolute Gasteiger partial charge is 0.458 e. The molecule has 0 amide bonds. The van der Waals surface area contributed by atoms with Crippen molar-refractivity contribution in [2.75, 3.05) is 5.75 Å². The van der Waals surface area contributed by atoms with Crippen LogP contribution >= 0.6 is 11.8 Å². The lowest BCUT2D eigenvalue weighted by Gasteiger charge is -2.08. The van der Waals surface area contributed by atoms with E-state index in [0.717, 1.165) is 11.5 Å². The summed E-state index contributed by atoms with van der Waals surface area (Å²) < 4.78 is 5.17. The number of hydrogen-bond donors (Lipinski definition) is 0. The molecule has 1 aliphatic heterocycles. The van der Waals surface area contributed by atoms with Crippen molar-refractivity contribution in [3.8, 4) is 0 Å². The van der Waals surface area contributed by atoms with E-state index in [2.05, 4.69) is 37.8 Å². The highest BCUT2D eigenvalue weighted by molar-refractivity contribution is 7.98. The highest BCUT2D eigenvalue weighted by Gasteiger charge is 2.26. The minimum Gasteiger partial charge on any atom is -0.458 e. The second-order valence-corrected chi connectivity index (χ2v) is 5.37. The summed E-state index contributed by atoms with van der Waals surface area (Å²) in [6.07, 6.45) is 0.699. The number of cyclic esters (lactones) is 1. The van der Waals surface area contributed by atoms with Crippen molar-refractivity contribution in [3.05, 3.63) is 47.5 Å². The second-order valence-electron chi connectivity index (χ2n) is 4.34. The first kappa shape index (κ1) is 12.2. The Morgan fingerprint density at radius 2 is 2.12 bits per heavy atom. The van der Waals surface area contributed by atoms with Gasteiger partial charge in [0, 0.05) is 23.5 Å². The van der Waals surface area contributed by atoms with Crippen LogP contribution in [0.3, 0.4) is 0 Å². The Hall–Kier alpha value is -1.22. The number of carbonyl (C=O) groups excluding carboxylic acids is 1. The summed E-state index contributed by atoms with van der Waals surface area (Å²) in [5.41, 5.74) is 3.19. The van der Waals surface area contributed by atoms with E-state index in [-0.39, 0.29) is 12.1 Å². The molecule has 3 heteroatoms. The first-order valence-electron chi connectivity index (χ1n) is 5.67. The van der Waals surface area contributed by atoms with Crippen LogP contribution in [-0.4, -0.2) is 17.8 Å². The molecule has 17 heavy (non-hydrogen) atoms. The van der Waals surface area contributed by atoms with E-state index < -0.39 is 0 Å². The van der Waals surface area contributed by atoms with Gasteiger partial charge in [-0.15, -0.1) is 0 Å². The van der Waals surface area contributed by atoms with E-state index in [0.29, 0.717) is 12.0 Å². The molecule has 2 nitrogen and oxygen atoms in total. The van der Waals surface area contributed by atoms with Gasteiger partial charge in [-0.05, 0) is 12.5 Å². The van der Waals surface area contributed by atoms with Crippen molar-refractivity contribution in [1.29, 1.82) is 0 Å². The molecule has 0 spiro atoms. The number of esters is 1. The van der Waals surface area contributed by atoms with E-state index >= 15 is 0 Å². The standard InChI is InChI=1S/C14H16O2S/c1-10-3-5-12(6-4-10)8-17-9-13-7-11(2)14(15)16-13/h3-6,13H,2,7-9H2,1H3. The zero-order chi connectivity index (χ0) is 12.3. The molecule has 1 saturated heterocycles. The fourth-order valence-electron chi connectivity index (χ4n) is 1.72. The molecule has 0 N–H and O–H groups in total. The van der Waals surface area contributed by atoms with Gasteiger partial charge in [0.15, 0.2) is 0 Å². The Balaban J connectivity index is 1.75. The lowest BCUT2D eigenvalue weighted by Crippen LogP contribution is -2.09. The summed E-state index contributed by atoms with van der Waals surface area (Å²) >= 11 is 1.80. The molecule has 0 aliphatic carbocycles. The van der Waals surface area contributed by atoms with Crippen molar-refractivity contribution in [1.82, 2.24) is 0 Å². The molecular formula is C14H16O2S. The van der Waals surface area contributed by atoms with Gasteiger partial charge in [-0.3, -0.25) is 0 Å². The molecule has 2 rings (SSSR count). The van der Waals surface area contributed by atoms with Crippen molar-refractivity contribution in [3.63, 3.8) is 0 Å². The van der Waals surface area contributed by atoms with E-state index in [1.54, 1.807) is 11.8 Å². The summed E-state index contributed by atoms with van der Waals surface area (Å²) in [7, 11) is 0. The van der Waals surface area contributed by atoms with Crippen LogP contribution in [0.5, 0.6) is 0 Å². The van der Waals surface area contributed by atoms with Gasteiger partial charge in [0.25, 0.3) is 0 Å². The maximum Gasteiger partial charge on any atom is 0.333 e. The van der Waals surface area contributed by atoms with Gasteiger partial charge in [-0.2, -0.15) is 11.8 Å². The van der Waals surface area contributed by atoms with Crippen LogP contribution in [0.4, 0.5) is 0 Å². The summed E-state index contributed by atoms with van der Waals surface area (Å²) in [4.78, 5) is 11.1. The van der Waals surface area contributed by atoms with Gasteiger partial charge in [-0.1, -0.05) is 36.4 Å². The van der Waals surface area contributed by atoms with E-state index in [1.807, 2.05) is 0 Å². The minimum atomic E-state index is -0.231. The van der Waals surface area contributed by atoms with Crippen molar-refractivity contribution in [2.45, 2.75) is 25.2 Å². The Labute approximate surface area is 106 Å². The zero-order valence-electron chi connectivity index (χ0n) is 9.94. The van der Waals surface area contributed by atoms with Crippen LogP contribution in [0.1, 0.15) is 17.5 Å². The van der Waals surface area contributed by atoms with Crippen LogP contribution in [-0.2, 0) is 15.3 Å². The van der Waals surface area contributed by atoms with E-state index in [4.69, 9.17) is 4.74 Å². The maximum absolute atomic E-state index is 11.1. The predicted octanol–water partition coefficient (Wildman–Crippen LogP) is 3.10. The number of hydrogen-bond acceptors (Lipinski definition) is 3. The van der Waals surface area contributed by atoms with Gasteiger partial charge in [0.2, 0.25) is 0 Å². The lowest BCUT2D eigenvalue weighted by molar-refractivity contribution is -0.137. The molecule has 0 saturated carbocycles. The Kier molecular flexibility index (Phi) is 3.89. The molecule has 1 aromatic carbocycles. The number of benzene rings is 1. The normalized spacial score (nSPS) is 19.5. The fraction of sp³-hybridized carbons (Fsp3) is 0.357. The summed E-state index contributed by atoms with van der Waals surface area (Å²) in [6, 6.07) is 8.52. The molecule has 90 valence electrons. The third-order valence-corrected chi connectivity index (χ3v) is 3.87. The quantitative estimate of drug-likeness (QED) is 0.605. The van der Waals surface area contributed by atoms with Crippen molar-refractivity contribution < 1.29 is 9.53 Å². The summed E-state index contributed by atoms with van der Waals surface area (Å²) in [5.74, 6) is 1.57. The molecule has 1 heterocycles. The van der Waals surface area contributed by atoms with Gasteiger partial charge in [0.05, 0.1) is 0 Å².